The summed E-state index contributed by atoms with van der Waals surface area (Å²) in [5.74, 6) is -1.52. The van der Waals surface area contributed by atoms with Crippen LogP contribution in [0, 0.1) is 11.3 Å². The van der Waals surface area contributed by atoms with E-state index in [9.17, 15) is 19.5 Å². The van der Waals surface area contributed by atoms with Gasteiger partial charge in [0.15, 0.2) is 0 Å². The number of amides is 2. The van der Waals surface area contributed by atoms with Crippen molar-refractivity contribution in [2.24, 2.45) is 11.3 Å². The molecule has 2 amide bonds. The molecule has 0 heterocycles. The van der Waals surface area contributed by atoms with E-state index in [1.54, 1.807) is 0 Å². The van der Waals surface area contributed by atoms with Crippen LogP contribution in [0.5, 0.6) is 0 Å². The topological polar surface area (TPSA) is 105 Å². The lowest BCUT2D eigenvalue weighted by molar-refractivity contribution is -0.142. The van der Waals surface area contributed by atoms with Crippen molar-refractivity contribution in [2.75, 3.05) is 13.2 Å². The molecule has 2 atom stereocenters. The Kier molecular flexibility index (Phi) is 8.54. The highest BCUT2D eigenvalue weighted by Gasteiger charge is 2.29. The average Bonchev–Trinajstić information content (AvgIpc) is 3.12. The van der Waals surface area contributed by atoms with Crippen molar-refractivity contribution in [3.8, 4) is 11.1 Å². The standard InChI is InChI=1S/C28H36N2O5/c1-5-18(14-25(31)30-24(26(32)33)15-28(2,3)4)16-29-27(34)35-17-23-21-12-8-6-10-19(21)20-11-7-9-13-22(20)23/h6-13,18,23-24H,5,14-17H2,1-4H3,(H,29,34)(H,30,31)(H,32,33). The molecule has 7 heteroatoms. The van der Waals surface area contributed by atoms with E-state index in [1.807, 2.05) is 52.0 Å². The number of hydrogen-bond acceptors (Lipinski definition) is 4. The highest BCUT2D eigenvalue weighted by atomic mass is 16.5. The molecule has 0 radical (unpaired) electrons. The number of rotatable bonds is 10. The number of carboxylic acids is 1. The number of nitrogens with one attached hydrogen (secondary N) is 2. The molecule has 2 aromatic carbocycles. The van der Waals surface area contributed by atoms with Gasteiger partial charge in [-0.25, -0.2) is 9.59 Å². The Morgan fingerprint density at radius 3 is 2.09 bits per heavy atom. The monoisotopic (exact) mass is 480 g/mol. The fraction of sp³-hybridized carbons (Fsp3) is 0.464. The van der Waals surface area contributed by atoms with Crippen LogP contribution in [0.15, 0.2) is 48.5 Å². The molecule has 1 aliphatic carbocycles. The number of hydrogen-bond donors (Lipinski definition) is 3. The lowest BCUT2D eigenvalue weighted by Gasteiger charge is -2.24. The zero-order chi connectivity index (χ0) is 25.6. The minimum Gasteiger partial charge on any atom is -0.480 e. The number of benzene rings is 2. The molecule has 0 aliphatic heterocycles. The molecule has 188 valence electrons. The number of fused-ring (bicyclic) bond motifs is 3. The van der Waals surface area contributed by atoms with Crippen molar-refractivity contribution in [3.63, 3.8) is 0 Å². The van der Waals surface area contributed by atoms with Crippen LogP contribution in [0.2, 0.25) is 0 Å². The molecular formula is C28H36N2O5. The second-order valence-corrected chi connectivity index (χ2v) is 10.4. The lowest BCUT2D eigenvalue weighted by Crippen LogP contribution is -2.44. The minimum atomic E-state index is -1.04. The zero-order valence-corrected chi connectivity index (χ0v) is 21.0. The van der Waals surface area contributed by atoms with Crippen molar-refractivity contribution < 1.29 is 24.2 Å². The molecule has 0 saturated carbocycles. The Morgan fingerprint density at radius 2 is 1.57 bits per heavy atom. The third kappa shape index (κ3) is 7.07. The number of ether oxygens (including phenoxy) is 1. The summed E-state index contributed by atoms with van der Waals surface area (Å²) in [5, 5.41) is 14.8. The van der Waals surface area contributed by atoms with E-state index in [-0.39, 0.29) is 42.7 Å². The van der Waals surface area contributed by atoms with Gasteiger partial charge in [-0.15, -0.1) is 0 Å². The Morgan fingerprint density at radius 1 is 1.00 bits per heavy atom. The smallest absolute Gasteiger partial charge is 0.407 e. The van der Waals surface area contributed by atoms with Crippen LogP contribution in [0.3, 0.4) is 0 Å². The van der Waals surface area contributed by atoms with Gasteiger partial charge in [-0.2, -0.15) is 0 Å². The molecule has 7 nitrogen and oxygen atoms in total. The molecule has 3 rings (SSSR count). The van der Waals surface area contributed by atoms with Gasteiger partial charge < -0.3 is 20.5 Å². The van der Waals surface area contributed by atoms with E-state index in [0.29, 0.717) is 12.8 Å². The van der Waals surface area contributed by atoms with Crippen LogP contribution >= 0.6 is 0 Å². The zero-order valence-electron chi connectivity index (χ0n) is 21.0. The van der Waals surface area contributed by atoms with Crippen LogP contribution in [0.25, 0.3) is 11.1 Å². The summed E-state index contributed by atoms with van der Waals surface area (Å²) < 4.78 is 5.56. The second kappa shape index (κ2) is 11.4. The molecule has 1 aliphatic rings. The van der Waals surface area contributed by atoms with Gasteiger partial charge in [-0.05, 0) is 40.0 Å². The van der Waals surface area contributed by atoms with E-state index < -0.39 is 18.1 Å². The normalized spacial score (nSPS) is 14.4. The maximum absolute atomic E-state index is 12.5. The van der Waals surface area contributed by atoms with Gasteiger partial charge in [-0.3, -0.25) is 4.79 Å². The first-order chi connectivity index (χ1) is 16.6. The molecule has 0 spiro atoms. The third-order valence-corrected chi connectivity index (χ3v) is 6.38. The molecule has 2 unspecified atom stereocenters. The minimum absolute atomic E-state index is 0.0170. The van der Waals surface area contributed by atoms with Crippen molar-refractivity contribution >= 4 is 18.0 Å². The number of carbonyl (C=O) groups excluding carboxylic acids is 2. The first-order valence-corrected chi connectivity index (χ1v) is 12.2. The summed E-state index contributed by atoms with van der Waals surface area (Å²) in [6.45, 7) is 8.23. The molecule has 0 fully saturated rings. The van der Waals surface area contributed by atoms with Crippen LogP contribution in [0.1, 0.15) is 64.0 Å². The van der Waals surface area contributed by atoms with Crippen molar-refractivity contribution in [1.82, 2.24) is 10.6 Å². The number of alkyl carbamates (subject to hydrolysis) is 1. The predicted octanol–water partition coefficient (Wildman–Crippen LogP) is 4.95. The van der Waals surface area contributed by atoms with Crippen LogP contribution in [-0.4, -0.2) is 42.3 Å². The van der Waals surface area contributed by atoms with Gasteiger partial charge in [-0.1, -0.05) is 82.6 Å². The highest BCUT2D eigenvalue weighted by Crippen LogP contribution is 2.44. The molecule has 35 heavy (non-hydrogen) atoms. The van der Waals surface area contributed by atoms with Gasteiger partial charge in [0.05, 0.1) is 0 Å². The molecule has 3 N–H and O–H groups in total. The quantitative estimate of drug-likeness (QED) is 0.446. The predicted molar refractivity (Wildman–Crippen MR) is 135 cm³/mol. The van der Waals surface area contributed by atoms with Gasteiger partial charge in [0.25, 0.3) is 0 Å². The summed E-state index contributed by atoms with van der Waals surface area (Å²) >= 11 is 0. The molecule has 2 aromatic rings. The van der Waals surface area contributed by atoms with Gasteiger partial charge in [0.1, 0.15) is 12.6 Å². The van der Waals surface area contributed by atoms with Gasteiger partial charge >= 0.3 is 12.1 Å². The number of carbonyl (C=O) groups is 3. The van der Waals surface area contributed by atoms with E-state index in [0.717, 1.165) is 11.1 Å². The third-order valence-electron chi connectivity index (χ3n) is 6.38. The van der Waals surface area contributed by atoms with E-state index in [4.69, 9.17) is 4.74 Å². The fourth-order valence-corrected chi connectivity index (χ4v) is 4.57. The molecular weight excluding hydrogens is 444 g/mol. The van der Waals surface area contributed by atoms with E-state index in [2.05, 4.69) is 34.9 Å². The molecule has 0 bridgehead atoms. The van der Waals surface area contributed by atoms with Crippen LogP contribution in [-0.2, 0) is 14.3 Å². The molecule has 0 saturated heterocycles. The summed E-state index contributed by atoms with van der Waals surface area (Å²) in [6.07, 6.45) is 0.604. The largest absolute Gasteiger partial charge is 0.480 e. The first kappa shape index (κ1) is 26.3. The summed E-state index contributed by atoms with van der Waals surface area (Å²) in [5.41, 5.74) is 4.40. The Bertz CT molecular complexity index is 1010. The highest BCUT2D eigenvalue weighted by molar-refractivity contribution is 5.83. The maximum atomic E-state index is 12.5. The Hall–Kier alpha value is -3.35. The van der Waals surface area contributed by atoms with Crippen molar-refractivity contribution in [2.45, 2.75) is 58.9 Å². The van der Waals surface area contributed by atoms with Crippen LogP contribution < -0.4 is 10.6 Å². The van der Waals surface area contributed by atoms with Crippen LogP contribution in [0.4, 0.5) is 4.79 Å². The van der Waals surface area contributed by atoms with Crippen molar-refractivity contribution in [3.05, 3.63) is 59.7 Å². The SMILES string of the molecule is CCC(CNC(=O)OCC1c2ccccc2-c2ccccc21)CC(=O)NC(CC(C)(C)C)C(=O)O. The van der Waals surface area contributed by atoms with E-state index in [1.165, 1.54) is 11.1 Å². The summed E-state index contributed by atoms with van der Waals surface area (Å²) in [7, 11) is 0. The fourth-order valence-electron chi connectivity index (χ4n) is 4.57. The first-order valence-electron chi connectivity index (χ1n) is 12.2. The number of aliphatic carboxylic acids is 1. The van der Waals surface area contributed by atoms with Crippen molar-refractivity contribution in [1.29, 1.82) is 0 Å². The number of carboxylic acid groups (broad SMARTS) is 1. The summed E-state index contributed by atoms with van der Waals surface area (Å²) in [4.78, 5) is 36.4. The molecule has 0 aromatic heterocycles. The van der Waals surface area contributed by atoms with Gasteiger partial charge in [0, 0.05) is 18.9 Å². The van der Waals surface area contributed by atoms with Gasteiger partial charge in [0.2, 0.25) is 5.91 Å². The summed E-state index contributed by atoms with van der Waals surface area (Å²) in [6, 6.07) is 15.4. The second-order valence-electron chi connectivity index (χ2n) is 10.4. The lowest BCUT2D eigenvalue weighted by atomic mass is 9.88. The Labute approximate surface area is 207 Å². The van der Waals surface area contributed by atoms with E-state index >= 15 is 0 Å². The average molecular weight is 481 g/mol. The maximum Gasteiger partial charge on any atom is 0.407 e. The Balaban J connectivity index is 1.50.